The molecule has 0 saturated carbocycles. The van der Waals surface area contributed by atoms with E-state index in [1.807, 2.05) is 24.4 Å². The summed E-state index contributed by atoms with van der Waals surface area (Å²) in [5.41, 5.74) is 5.36. The molecule has 1 aromatic carbocycles. The van der Waals surface area contributed by atoms with Gasteiger partial charge in [0.1, 0.15) is 5.58 Å². The maximum absolute atomic E-state index is 11.7. The summed E-state index contributed by atoms with van der Waals surface area (Å²) >= 11 is 1.50. The number of benzene rings is 1. The molecule has 0 radical (unpaired) electrons. The smallest absolute Gasteiger partial charge is 0.374 e. The summed E-state index contributed by atoms with van der Waals surface area (Å²) in [6, 6.07) is 7.22. The van der Waals surface area contributed by atoms with Gasteiger partial charge in [-0.05, 0) is 43.7 Å². The lowest BCUT2D eigenvalue weighted by molar-refractivity contribution is 0.0492. The number of hydrazone groups is 1. The number of hydrogen-bond acceptors (Lipinski definition) is 7. The summed E-state index contributed by atoms with van der Waals surface area (Å²) in [5, 5.41) is 7.67. The van der Waals surface area contributed by atoms with Crippen LogP contribution in [0.1, 0.15) is 28.7 Å². The van der Waals surface area contributed by atoms with E-state index in [2.05, 4.69) is 15.5 Å². The maximum atomic E-state index is 11.7. The topological polar surface area (TPSA) is 76.7 Å². The molecule has 0 spiro atoms. The summed E-state index contributed by atoms with van der Waals surface area (Å²) in [5.74, 6) is -0.257. The number of fused-ring (bicyclic) bond motifs is 1. The van der Waals surface area contributed by atoms with Crippen molar-refractivity contribution >= 4 is 39.6 Å². The predicted octanol–water partition coefficient (Wildman–Crippen LogP) is 3.82. The van der Waals surface area contributed by atoms with Gasteiger partial charge < -0.3 is 9.15 Å². The Labute approximate surface area is 136 Å². The number of rotatable bonds is 5. The number of carbonyl (C=O) groups is 1. The van der Waals surface area contributed by atoms with Gasteiger partial charge in [0.05, 0.1) is 18.5 Å². The number of aromatic nitrogens is 1. The van der Waals surface area contributed by atoms with Gasteiger partial charge in [-0.1, -0.05) is 0 Å². The first-order chi connectivity index (χ1) is 11.2. The molecule has 0 amide bonds. The van der Waals surface area contributed by atoms with Gasteiger partial charge in [0.2, 0.25) is 10.9 Å². The van der Waals surface area contributed by atoms with Crippen LogP contribution in [0.5, 0.6) is 0 Å². The molecule has 0 aliphatic carbocycles. The Balaban J connectivity index is 1.75. The van der Waals surface area contributed by atoms with Crippen molar-refractivity contribution in [1.29, 1.82) is 0 Å². The number of esters is 1. The third-order valence-electron chi connectivity index (χ3n) is 3.01. The second-order valence-electron chi connectivity index (χ2n) is 4.79. The minimum Gasteiger partial charge on any atom is -0.460 e. The Bertz CT molecular complexity index is 866. The van der Waals surface area contributed by atoms with Crippen molar-refractivity contribution in [1.82, 2.24) is 4.98 Å². The average molecular weight is 329 g/mol. The first-order valence-corrected chi connectivity index (χ1v) is 7.95. The van der Waals surface area contributed by atoms with E-state index in [1.54, 1.807) is 25.3 Å². The lowest BCUT2D eigenvalue weighted by Gasteiger charge is -1.95. The lowest BCUT2D eigenvalue weighted by atomic mass is 10.2. The third-order valence-corrected chi connectivity index (χ3v) is 3.87. The second-order valence-corrected chi connectivity index (χ2v) is 5.65. The van der Waals surface area contributed by atoms with Crippen LogP contribution in [0.25, 0.3) is 11.0 Å². The first kappa shape index (κ1) is 15.2. The number of thiazole rings is 1. The number of nitrogens with one attached hydrogen (secondary N) is 1. The second kappa shape index (κ2) is 6.62. The average Bonchev–Trinajstić information content (AvgIpc) is 3.13. The molecule has 0 atom stereocenters. The summed E-state index contributed by atoms with van der Waals surface area (Å²) in [6.45, 7) is 4.00. The van der Waals surface area contributed by atoms with E-state index < -0.39 is 5.97 Å². The minimum atomic E-state index is -0.459. The summed E-state index contributed by atoms with van der Waals surface area (Å²) < 4.78 is 10.4. The van der Waals surface area contributed by atoms with Crippen LogP contribution in [0.2, 0.25) is 0 Å². The molecule has 0 aliphatic heterocycles. The van der Waals surface area contributed by atoms with E-state index in [4.69, 9.17) is 9.15 Å². The highest BCUT2D eigenvalue weighted by Crippen LogP contribution is 2.21. The van der Waals surface area contributed by atoms with Crippen LogP contribution >= 0.6 is 11.3 Å². The normalized spacial score (nSPS) is 11.2. The van der Waals surface area contributed by atoms with E-state index in [9.17, 15) is 4.79 Å². The van der Waals surface area contributed by atoms with E-state index in [-0.39, 0.29) is 5.76 Å². The molecular formula is C16H15N3O3S. The Morgan fingerprint density at radius 1 is 1.48 bits per heavy atom. The maximum Gasteiger partial charge on any atom is 0.374 e. The van der Waals surface area contributed by atoms with Gasteiger partial charge in [-0.3, -0.25) is 5.43 Å². The molecule has 23 heavy (non-hydrogen) atoms. The van der Waals surface area contributed by atoms with Gasteiger partial charge >= 0.3 is 5.97 Å². The molecule has 2 aromatic heterocycles. The fraction of sp³-hybridized carbons (Fsp3) is 0.188. The number of anilines is 1. The highest BCUT2D eigenvalue weighted by atomic mass is 32.1. The number of carbonyl (C=O) groups excluding carboxylic acids is 1. The molecule has 0 fully saturated rings. The summed E-state index contributed by atoms with van der Waals surface area (Å²) in [6.07, 6.45) is 1.69. The van der Waals surface area contributed by atoms with Crippen LogP contribution in [0.15, 0.2) is 39.2 Å². The Hall–Kier alpha value is -2.67. The highest BCUT2D eigenvalue weighted by Gasteiger charge is 2.13. The van der Waals surface area contributed by atoms with Gasteiger partial charge in [-0.15, -0.1) is 11.3 Å². The SMILES string of the molecule is CCOC(=O)c1cc2cc(C=NNc3nc(C)cs3)ccc2o1. The Morgan fingerprint density at radius 2 is 2.35 bits per heavy atom. The van der Waals surface area contributed by atoms with Gasteiger partial charge in [0.15, 0.2) is 0 Å². The molecule has 7 heteroatoms. The van der Waals surface area contributed by atoms with Crippen molar-refractivity contribution in [3.05, 3.63) is 46.7 Å². The number of furan rings is 1. The molecule has 0 bridgehead atoms. The molecule has 2 heterocycles. The summed E-state index contributed by atoms with van der Waals surface area (Å²) in [7, 11) is 0. The van der Waals surface area contributed by atoms with Crippen LogP contribution in [-0.4, -0.2) is 23.8 Å². The quantitative estimate of drug-likeness (QED) is 0.437. The Morgan fingerprint density at radius 3 is 3.09 bits per heavy atom. The molecule has 3 aromatic rings. The minimum absolute atomic E-state index is 0.201. The van der Waals surface area contributed by atoms with E-state index in [0.717, 1.165) is 21.8 Å². The van der Waals surface area contributed by atoms with E-state index >= 15 is 0 Å². The van der Waals surface area contributed by atoms with Gasteiger partial charge in [0.25, 0.3) is 0 Å². The van der Waals surface area contributed by atoms with Crippen LogP contribution in [0.3, 0.4) is 0 Å². The van der Waals surface area contributed by atoms with Gasteiger partial charge in [-0.2, -0.15) is 5.10 Å². The molecule has 0 saturated heterocycles. The molecule has 6 nitrogen and oxygen atoms in total. The van der Waals surface area contributed by atoms with Crippen molar-refractivity contribution in [2.24, 2.45) is 5.10 Å². The van der Waals surface area contributed by atoms with Crippen molar-refractivity contribution in [3.8, 4) is 0 Å². The van der Waals surface area contributed by atoms with Crippen molar-refractivity contribution in [3.63, 3.8) is 0 Å². The molecule has 1 N–H and O–H groups in total. The van der Waals surface area contributed by atoms with Crippen molar-refractivity contribution < 1.29 is 13.9 Å². The molecular weight excluding hydrogens is 314 g/mol. The van der Waals surface area contributed by atoms with Crippen molar-refractivity contribution in [2.75, 3.05) is 12.0 Å². The number of aryl methyl sites for hydroxylation is 1. The van der Waals surface area contributed by atoms with Crippen molar-refractivity contribution in [2.45, 2.75) is 13.8 Å². The Kier molecular flexibility index (Phi) is 4.38. The highest BCUT2D eigenvalue weighted by molar-refractivity contribution is 7.13. The molecule has 3 rings (SSSR count). The van der Waals surface area contributed by atoms with E-state index in [0.29, 0.717) is 12.2 Å². The van der Waals surface area contributed by atoms with Gasteiger partial charge in [0, 0.05) is 10.8 Å². The fourth-order valence-corrected chi connectivity index (χ4v) is 2.65. The lowest BCUT2D eigenvalue weighted by Crippen LogP contribution is -2.02. The summed E-state index contributed by atoms with van der Waals surface area (Å²) in [4.78, 5) is 15.9. The van der Waals surface area contributed by atoms with Crippen LogP contribution in [0.4, 0.5) is 5.13 Å². The zero-order chi connectivity index (χ0) is 16.2. The molecule has 118 valence electrons. The van der Waals surface area contributed by atoms with Crippen LogP contribution in [0, 0.1) is 6.92 Å². The fourth-order valence-electron chi connectivity index (χ4n) is 2.01. The monoisotopic (exact) mass is 329 g/mol. The molecule has 0 unspecified atom stereocenters. The zero-order valence-corrected chi connectivity index (χ0v) is 13.5. The zero-order valence-electron chi connectivity index (χ0n) is 12.7. The number of nitrogens with zero attached hydrogens (tertiary/aromatic N) is 2. The molecule has 0 aliphatic rings. The van der Waals surface area contributed by atoms with E-state index in [1.165, 1.54) is 11.3 Å². The van der Waals surface area contributed by atoms with Crippen LogP contribution in [-0.2, 0) is 4.74 Å². The third kappa shape index (κ3) is 3.57. The van der Waals surface area contributed by atoms with Crippen LogP contribution < -0.4 is 5.43 Å². The predicted molar refractivity (Wildman–Crippen MR) is 90.2 cm³/mol. The number of ether oxygens (including phenoxy) is 1. The number of hydrogen-bond donors (Lipinski definition) is 1. The standard InChI is InChI=1S/C16H15N3O3S/c1-3-21-15(20)14-7-12-6-11(4-5-13(12)22-14)8-17-19-16-18-10(2)9-23-16/h4-9H,3H2,1-2H3,(H,18,19). The van der Waals surface area contributed by atoms with Gasteiger partial charge in [-0.25, -0.2) is 9.78 Å². The first-order valence-electron chi connectivity index (χ1n) is 7.07. The largest absolute Gasteiger partial charge is 0.460 e.